The van der Waals surface area contributed by atoms with E-state index in [1.807, 2.05) is 52.2 Å². The zero-order valence-corrected chi connectivity index (χ0v) is 17.9. The van der Waals surface area contributed by atoms with E-state index in [0.29, 0.717) is 25.4 Å². The Labute approximate surface area is 181 Å². The summed E-state index contributed by atoms with van der Waals surface area (Å²) in [5.41, 5.74) is 6.61. The molecule has 2 aromatic heterocycles. The molecule has 0 saturated carbocycles. The number of aromatic nitrogens is 4. The summed E-state index contributed by atoms with van der Waals surface area (Å²) in [5, 5.41) is 4.21. The summed E-state index contributed by atoms with van der Waals surface area (Å²) in [6, 6.07) is 11.4. The van der Waals surface area contributed by atoms with Gasteiger partial charge in [0.1, 0.15) is 11.5 Å². The minimum atomic E-state index is -0.513. The molecule has 0 aliphatic rings. The molecule has 0 amide bonds. The summed E-state index contributed by atoms with van der Waals surface area (Å²) < 4.78 is 8.54. The maximum atomic E-state index is 12.7. The van der Waals surface area contributed by atoms with E-state index >= 15 is 0 Å². The standard InChI is InChI=1S/C22H30N6O3/c1-31-16-15-26(12-6-3-7-13-27-14-8-11-24-27)19-20(23)28(22(30)25-21(19)29)17-18-9-4-2-5-10-18/h2,4-5,8-11,14H,3,6-7,12-13,15-17,23H2,1H3,(H,25,29,30). The molecule has 166 valence electrons. The molecule has 3 aromatic rings. The summed E-state index contributed by atoms with van der Waals surface area (Å²) in [4.78, 5) is 29.4. The molecule has 0 atom stereocenters. The Morgan fingerprint density at radius 2 is 1.90 bits per heavy atom. The Morgan fingerprint density at radius 1 is 1.10 bits per heavy atom. The predicted octanol–water partition coefficient (Wildman–Crippen LogP) is 1.69. The highest BCUT2D eigenvalue weighted by atomic mass is 16.5. The van der Waals surface area contributed by atoms with E-state index in [-0.39, 0.29) is 12.4 Å². The Morgan fingerprint density at radius 3 is 2.61 bits per heavy atom. The Hall–Kier alpha value is -3.33. The molecule has 31 heavy (non-hydrogen) atoms. The first-order chi connectivity index (χ1) is 15.1. The second-order valence-corrected chi connectivity index (χ2v) is 7.37. The van der Waals surface area contributed by atoms with Gasteiger partial charge in [0, 0.05) is 39.1 Å². The van der Waals surface area contributed by atoms with Crippen LogP contribution in [-0.4, -0.2) is 46.1 Å². The molecule has 2 heterocycles. The van der Waals surface area contributed by atoms with Gasteiger partial charge in [-0.2, -0.15) is 5.10 Å². The zero-order chi connectivity index (χ0) is 22.1. The zero-order valence-electron chi connectivity index (χ0n) is 17.9. The van der Waals surface area contributed by atoms with Crippen molar-refractivity contribution in [3.8, 4) is 0 Å². The molecule has 0 bridgehead atoms. The maximum absolute atomic E-state index is 12.7. The van der Waals surface area contributed by atoms with Crippen LogP contribution in [0.5, 0.6) is 0 Å². The number of aryl methyl sites for hydroxylation is 1. The van der Waals surface area contributed by atoms with Gasteiger partial charge in [0.15, 0.2) is 0 Å². The minimum Gasteiger partial charge on any atom is -0.383 e. The second kappa shape index (κ2) is 11.2. The van der Waals surface area contributed by atoms with Crippen LogP contribution in [0.25, 0.3) is 0 Å². The molecule has 9 nitrogen and oxygen atoms in total. The van der Waals surface area contributed by atoms with Crippen molar-refractivity contribution < 1.29 is 4.74 Å². The topological polar surface area (TPSA) is 111 Å². The predicted molar refractivity (Wildman–Crippen MR) is 121 cm³/mol. The lowest BCUT2D eigenvalue weighted by Gasteiger charge is -2.26. The third-order valence-corrected chi connectivity index (χ3v) is 5.15. The number of methoxy groups -OCH3 is 1. The lowest BCUT2D eigenvalue weighted by Crippen LogP contribution is -2.40. The maximum Gasteiger partial charge on any atom is 0.330 e. The van der Waals surface area contributed by atoms with Gasteiger partial charge < -0.3 is 15.4 Å². The molecule has 0 spiro atoms. The lowest BCUT2D eigenvalue weighted by molar-refractivity contribution is 0.205. The molecule has 0 unspecified atom stereocenters. The van der Waals surface area contributed by atoms with Gasteiger partial charge in [-0.3, -0.25) is 19.0 Å². The summed E-state index contributed by atoms with van der Waals surface area (Å²) in [5.74, 6) is 0.172. The first kappa shape index (κ1) is 22.4. The van der Waals surface area contributed by atoms with E-state index in [4.69, 9.17) is 10.5 Å². The van der Waals surface area contributed by atoms with E-state index in [0.717, 1.165) is 31.4 Å². The van der Waals surface area contributed by atoms with Crippen molar-refractivity contribution in [3.63, 3.8) is 0 Å². The fraction of sp³-hybridized carbons (Fsp3) is 0.409. The minimum absolute atomic E-state index is 0.172. The Kier molecular flexibility index (Phi) is 8.05. The quantitative estimate of drug-likeness (QED) is 0.426. The summed E-state index contributed by atoms with van der Waals surface area (Å²) in [7, 11) is 1.62. The van der Waals surface area contributed by atoms with Crippen LogP contribution < -0.4 is 21.9 Å². The molecule has 0 fully saturated rings. The average Bonchev–Trinajstić information content (AvgIpc) is 3.28. The highest BCUT2D eigenvalue weighted by Crippen LogP contribution is 2.18. The molecule has 9 heteroatoms. The first-order valence-corrected chi connectivity index (χ1v) is 10.5. The molecular weight excluding hydrogens is 396 g/mol. The average molecular weight is 427 g/mol. The van der Waals surface area contributed by atoms with E-state index in [1.54, 1.807) is 13.3 Å². The number of aromatic amines is 1. The number of nitrogens with one attached hydrogen (secondary N) is 1. The highest BCUT2D eigenvalue weighted by molar-refractivity contribution is 5.62. The number of nitrogens with two attached hydrogens (primary N) is 1. The van der Waals surface area contributed by atoms with Crippen LogP contribution in [0.3, 0.4) is 0 Å². The first-order valence-electron chi connectivity index (χ1n) is 10.5. The van der Waals surface area contributed by atoms with Crippen molar-refractivity contribution in [2.24, 2.45) is 0 Å². The third-order valence-electron chi connectivity index (χ3n) is 5.15. The number of nitrogen functional groups attached to an aromatic ring is 1. The third kappa shape index (κ3) is 6.08. The number of hydrogen-bond donors (Lipinski definition) is 2. The van der Waals surface area contributed by atoms with Crippen LogP contribution in [0.1, 0.15) is 24.8 Å². The molecule has 1 aromatic carbocycles. The number of rotatable bonds is 12. The van der Waals surface area contributed by atoms with E-state index in [1.165, 1.54) is 4.57 Å². The van der Waals surface area contributed by atoms with E-state index in [9.17, 15) is 9.59 Å². The van der Waals surface area contributed by atoms with Gasteiger partial charge in [0.25, 0.3) is 5.56 Å². The van der Waals surface area contributed by atoms with Crippen LogP contribution in [0, 0.1) is 0 Å². The van der Waals surface area contributed by atoms with Gasteiger partial charge in [-0.25, -0.2) is 4.79 Å². The van der Waals surface area contributed by atoms with Crippen molar-refractivity contribution in [2.45, 2.75) is 32.4 Å². The van der Waals surface area contributed by atoms with Crippen LogP contribution in [0.15, 0.2) is 58.4 Å². The van der Waals surface area contributed by atoms with Crippen molar-refractivity contribution >= 4 is 11.5 Å². The van der Waals surface area contributed by atoms with Crippen molar-refractivity contribution in [1.82, 2.24) is 19.3 Å². The number of unbranched alkanes of at least 4 members (excludes halogenated alkanes) is 2. The monoisotopic (exact) mass is 426 g/mol. The highest BCUT2D eigenvalue weighted by Gasteiger charge is 2.18. The molecule has 3 rings (SSSR count). The molecule has 0 radical (unpaired) electrons. The normalized spacial score (nSPS) is 11.0. The van der Waals surface area contributed by atoms with Gasteiger partial charge in [-0.05, 0) is 30.9 Å². The van der Waals surface area contributed by atoms with Gasteiger partial charge in [-0.1, -0.05) is 30.3 Å². The number of benzene rings is 1. The van der Waals surface area contributed by atoms with E-state index in [2.05, 4.69) is 10.1 Å². The second-order valence-electron chi connectivity index (χ2n) is 7.37. The smallest absolute Gasteiger partial charge is 0.330 e. The van der Waals surface area contributed by atoms with Crippen molar-refractivity contribution in [3.05, 3.63) is 75.2 Å². The largest absolute Gasteiger partial charge is 0.383 e. The van der Waals surface area contributed by atoms with Crippen LogP contribution in [0.4, 0.5) is 11.5 Å². The fourth-order valence-corrected chi connectivity index (χ4v) is 3.53. The SMILES string of the molecule is COCCN(CCCCCn1cccn1)c1c(N)n(Cc2ccccc2)c(=O)[nH]c1=O. The molecular formula is C22H30N6O3. The van der Waals surface area contributed by atoms with Gasteiger partial charge >= 0.3 is 5.69 Å². The molecule has 0 aliphatic carbocycles. The molecule has 0 aliphatic heterocycles. The van der Waals surface area contributed by atoms with Gasteiger partial charge in [-0.15, -0.1) is 0 Å². The van der Waals surface area contributed by atoms with Crippen LogP contribution in [-0.2, 0) is 17.8 Å². The van der Waals surface area contributed by atoms with Crippen LogP contribution >= 0.6 is 0 Å². The summed E-state index contributed by atoms with van der Waals surface area (Å²) in [6.45, 7) is 2.74. The van der Waals surface area contributed by atoms with Crippen molar-refractivity contribution in [2.75, 3.05) is 37.4 Å². The number of anilines is 2. The lowest BCUT2D eigenvalue weighted by atomic mass is 10.2. The number of ether oxygens (including phenoxy) is 1. The number of nitrogens with zero attached hydrogens (tertiary/aromatic N) is 4. The van der Waals surface area contributed by atoms with Crippen molar-refractivity contribution in [1.29, 1.82) is 0 Å². The van der Waals surface area contributed by atoms with Crippen LogP contribution in [0.2, 0.25) is 0 Å². The molecule has 0 saturated heterocycles. The van der Waals surface area contributed by atoms with Gasteiger partial charge in [0.2, 0.25) is 0 Å². The Balaban J connectivity index is 1.75. The fourth-order valence-electron chi connectivity index (χ4n) is 3.53. The number of hydrogen-bond acceptors (Lipinski definition) is 6. The van der Waals surface area contributed by atoms with E-state index < -0.39 is 11.2 Å². The summed E-state index contributed by atoms with van der Waals surface area (Å²) >= 11 is 0. The number of H-pyrrole nitrogens is 1. The summed E-state index contributed by atoms with van der Waals surface area (Å²) in [6.07, 6.45) is 6.55. The van der Waals surface area contributed by atoms with Gasteiger partial charge in [0.05, 0.1) is 13.2 Å². The molecule has 3 N–H and O–H groups in total. The Bertz CT molecular complexity index is 1040.